The zero-order valence-corrected chi connectivity index (χ0v) is 17.0. The molecule has 0 amide bonds. The molecule has 2 aliphatic rings. The van der Waals surface area contributed by atoms with Crippen molar-refractivity contribution >= 4 is 0 Å². The van der Waals surface area contributed by atoms with Crippen LogP contribution in [-0.4, -0.2) is 60.3 Å². The lowest BCUT2D eigenvalue weighted by atomic mass is 9.84. The highest BCUT2D eigenvalue weighted by Crippen LogP contribution is 2.30. The SMILES string of the molecule is CC(C)O[C@H]1CC[C@H](CCC[C@@H](C)N2CCN(C(C)C)CC2)CC1. The van der Waals surface area contributed by atoms with Gasteiger partial charge in [0.1, 0.15) is 0 Å². The second-order valence-electron chi connectivity index (χ2n) is 8.77. The third-order valence-corrected chi connectivity index (χ3v) is 6.20. The molecule has 2 fully saturated rings. The van der Waals surface area contributed by atoms with Crippen LogP contribution >= 0.6 is 0 Å². The van der Waals surface area contributed by atoms with E-state index in [1.807, 2.05) is 0 Å². The summed E-state index contributed by atoms with van der Waals surface area (Å²) in [5, 5.41) is 0. The van der Waals surface area contributed by atoms with E-state index >= 15 is 0 Å². The van der Waals surface area contributed by atoms with Crippen LogP contribution in [0.5, 0.6) is 0 Å². The summed E-state index contributed by atoms with van der Waals surface area (Å²) >= 11 is 0. The van der Waals surface area contributed by atoms with Gasteiger partial charge in [-0.2, -0.15) is 0 Å². The summed E-state index contributed by atoms with van der Waals surface area (Å²) in [6.07, 6.45) is 10.5. The number of nitrogens with zero attached hydrogens (tertiary/aromatic N) is 2. The Kier molecular flexibility index (Phi) is 8.53. The van der Waals surface area contributed by atoms with Gasteiger partial charge in [0.05, 0.1) is 12.2 Å². The van der Waals surface area contributed by atoms with E-state index in [-0.39, 0.29) is 0 Å². The molecule has 0 bridgehead atoms. The average Bonchev–Trinajstić information content (AvgIpc) is 2.56. The minimum atomic E-state index is 0.392. The van der Waals surface area contributed by atoms with Crippen LogP contribution in [0.1, 0.15) is 79.6 Å². The van der Waals surface area contributed by atoms with Crippen molar-refractivity contribution in [2.45, 2.75) is 104 Å². The standard InChI is InChI=1S/C21H42N2O/c1-17(2)22-13-15-23(16-14-22)19(5)7-6-8-20-9-11-21(12-10-20)24-18(3)4/h17-21H,6-16H2,1-5H3/t19-,20-,21-/m1/s1. The van der Waals surface area contributed by atoms with Crippen molar-refractivity contribution in [3.8, 4) is 0 Å². The molecule has 24 heavy (non-hydrogen) atoms. The van der Waals surface area contributed by atoms with Crippen LogP contribution in [0.2, 0.25) is 0 Å². The summed E-state index contributed by atoms with van der Waals surface area (Å²) in [5.41, 5.74) is 0. The Morgan fingerprint density at radius 1 is 0.833 bits per heavy atom. The fourth-order valence-corrected chi connectivity index (χ4v) is 4.52. The molecule has 1 aliphatic heterocycles. The van der Waals surface area contributed by atoms with Crippen molar-refractivity contribution in [1.82, 2.24) is 9.80 Å². The maximum Gasteiger partial charge on any atom is 0.0578 e. The van der Waals surface area contributed by atoms with Crippen LogP contribution in [0.25, 0.3) is 0 Å². The lowest BCUT2D eigenvalue weighted by molar-refractivity contribution is -0.0204. The van der Waals surface area contributed by atoms with Crippen LogP contribution in [0.4, 0.5) is 0 Å². The van der Waals surface area contributed by atoms with Crippen LogP contribution < -0.4 is 0 Å². The van der Waals surface area contributed by atoms with E-state index < -0.39 is 0 Å². The van der Waals surface area contributed by atoms with Crippen molar-refractivity contribution in [2.75, 3.05) is 26.2 Å². The number of hydrogen-bond acceptors (Lipinski definition) is 3. The molecule has 0 radical (unpaired) electrons. The Bertz CT molecular complexity index is 329. The molecule has 0 aromatic carbocycles. The first-order valence-electron chi connectivity index (χ1n) is 10.6. The van der Waals surface area contributed by atoms with Crippen molar-refractivity contribution < 1.29 is 4.74 Å². The van der Waals surface area contributed by atoms with Gasteiger partial charge in [-0.05, 0) is 72.6 Å². The van der Waals surface area contributed by atoms with Crippen LogP contribution in [0.3, 0.4) is 0 Å². The van der Waals surface area contributed by atoms with Crippen molar-refractivity contribution in [1.29, 1.82) is 0 Å². The number of hydrogen-bond donors (Lipinski definition) is 0. The molecule has 0 aromatic heterocycles. The molecule has 3 nitrogen and oxygen atoms in total. The van der Waals surface area contributed by atoms with Gasteiger partial charge in [-0.1, -0.05) is 12.8 Å². The Morgan fingerprint density at radius 3 is 1.96 bits per heavy atom. The molecule has 0 spiro atoms. The zero-order chi connectivity index (χ0) is 17.5. The normalized spacial score (nSPS) is 28.6. The predicted molar refractivity (Wildman–Crippen MR) is 104 cm³/mol. The van der Waals surface area contributed by atoms with Gasteiger partial charge in [0.15, 0.2) is 0 Å². The monoisotopic (exact) mass is 338 g/mol. The number of rotatable bonds is 8. The second-order valence-corrected chi connectivity index (χ2v) is 8.77. The molecule has 1 saturated heterocycles. The number of ether oxygens (including phenoxy) is 1. The topological polar surface area (TPSA) is 15.7 Å². The molecule has 0 aromatic rings. The van der Waals surface area contributed by atoms with Gasteiger partial charge in [-0.25, -0.2) is 0 Å². The maximum atomic E-state index is 5.98. The van der Waals surface area contributed by atoms with Crippen molar-refractivity contribution in [3.05, 3.63) is 0 Å². The molecular formula is C21H42N2O. The zero-order valence-electron chi connectivity index (χ0n) is 17.0. The third kappa shape index (κ3) is 6.65. The lowest BCUT2D eigenvalue weighted by Gasteiger charge is -2.40. The molecule has 1 heterocycles. The maximum absolute atomic E-state index is 5.98. The minimum absolute atomic E-state index is 0.392. The highest BCUT2D eigenvalue weighted by Gasteiger charge is 2.24. The largest absolute Gasteiger partial charge is 0.376 e. The molecule has 0 unspecified atom stereocenters. The van der Waals surface area contributed by atoms with E-state index in [1.165, 1.54) is 71.1 Å². The van der Waals surface area contributed by atoms with Gasteiger partial charge in [-0.15, -0.1) is 0 Å². The van der Waals surface area contributed by atoms with Gasteiger partial charge in [0.2, 0.25) is 0 Å². The highest BCUT2D eigenvalue weighted by atomic mass is 16.5. The Balaban J connectivity index is 1.56. The average molecular weight is 339 g/mol. The van der Waals surface area contributed by atoms with Crippen LogP contribution in [-0.2, 0) is 4.74 Å². The van der Waals surface area contributed by atoms with E-state index in [4.69, 9.17) is 4.74 Å². The molecule has 3 heteroatoms. The van der Waals surface area contributed by atoms with Gasteiger partial charge in [0.25, 0.3) is 0 Å². The Labute approximate surface area is 151 Å². The number of piperazine rings is 1. The Morgan fingerprint density at radius 2 is 1.42 bits per heavy atom. The summed E-state index contributed by atoms with van der Waals surface area (Å²) in [6.45, 7) is 16.4. The van der Waals surface area contributed by atoms with E-state index in [2.05, 4.69) is 44.4 Å². The van der Waals surface area contributed by atoms with E-state index in [0.29, 0.717) is 18.2 Å². The van der Waals surface area contributed by atoms with Crippen LogP contribution in [0, 0.1) is 5.92 Å². The summed E-state index contributed by atoms with van der Waals surface area (Å²) in [5.74, 6) is 0.960. The second kappa shape index (κ2) is 10.1. The minimum Gasteiger partial charge on any atom is -0.376 e. The summed E-state index contributed by atoms with van der Waals surface area (Å²) in [7, 11) is 0. The molecule has 142 valence electrons. The first-order valence-corrected chi connectivity index (χ1v) is 10.6. The quantitative estimate of drug-likeness (QED) is 0.645. The lowest BCUT2D eigenvalue weighted by Crippen LogP contribution is -2.51. The highest BCUT2D eigenvalue weighted by molar-refractivity contribution is 4.79. The van der Waals surface area contributed by atoms with Crippen LogP contribution in [0.15, 0.2) is 0 Å². The molecule has 2 rings (SSSR count). The smallest absolute Gasteiger partial charge is 0.0578 e. The summed E-state index contributed by atoms with van der Waals surface area (Å²) in [6, 6.07) is 1.47. The third-order valence-electron chi connectivity index (χ3n) is 6.20. The first-order chi connectivity index (χ1) is 11.5. The molecule has 1 atom stereocenters. The van der Waals surface area contributed by atoms with E-state index in [0.717, 1.165) is 12.0 Å². The molecule has 0 N–H and O–H groups in total. The van der Waals surface area contributed by atoms with Gasteiger partial charge in [-0.3, -0.25) is 9.80 Å². The van der Waals surface area contributed by atoms with Gasteiger partial charge in [0, 0.05) is 38.3 Å². The Hall–Kier alpha value is -0.120. The molecule has 1 saturated carbocycles. The van der Waals surface area contributed by atoms with Crippen molar-refractivity contribution in [3.63, 3.8) is 0 Å². The van der Waals surface area contributed by atoms with E-state index in [9.17, 15) is 0 Å². The molecular weight excluding hydrogens is 296 g/mol. The summed E-state index contributed by atoms with van der Waals surface area (Å²) < 4.78 is 5.98. The van der Waals surface area contributed by atoms with Gasteiger partial charge < -0.3 is 4.74 Å². The van der Waals surface area contributed by atoms with Gasteiger partial charge >= 0.3 is 0 Å². The molecule has 1 aliphatic carbocycles. The first kappa shape index (κ1) is 20.2. The fraction of sp³-hybridized carbons (Fsp3) is 1.00. The van der Waals surface area contributed by atoms with Crippen molar-refractivity contribution in [2.24, 2.45) is 5.92 Å². The summed E-state index contributed by atoms with van der Waals surface area (Å²) in [4.78, 5) is 5.33. The fourth-order valence-electron chi connectivity index (χ4n) is 4.52. The predicted octanol–water partition coefficient (Wildman–Crippen LogP) is 4.56. The van der Waals surface area contributed by atoms with E-state index in [1.54, 1.807) is 0 Å².